The Labute approximate surface area is 95.5 Å². The first kappa shape index (κ1) is 10.9. The summed E-state index contributed by atoms with van der Waals surface area (Å²) in [6.45, 7) is 4.32. The number of hydrogen-bond acceptors (Lipinski definition) is 2. The third-order valence-corrected chi connectivity index (χ3v) is 2.56. The van der Waals surface area contributed by atoms with Gasteiger partial charge in [-0.15, -0.1) is 0 Å². The smallest absolute Gasteiger partial charge is 0.113 e. The van der Waals surface area contributed by atoms with Crippen LogP contribution in [0, 0.1) is 0 Å². The van der Waals surface area contributed by atoms with Gasteiger partial charge in [0.25, 0.3) is 0 Å². The fraction of sp³-hybridized carbons (Fsp3) is 0.500. The molecule has 4 heteroatoms. The van der Waals surface area contributed by atoms with Crippen LogP contribution in [0.15, 0.2) is 12.1 Å². The molecular formula is C12H18N4. The Hall–Kier alpha value is -1.58. The predicted molar refractivity (Wildman–Crippen MR) is 64.2 cm³/mol. The Balaban J connectivity index is 2.14. The van der Waals surface area contributed by atoms with Crippen LogP contribution in [-0.4, -0.2) is 20.4 Å². The molecule has 0 bridgehead atoms. The van der Waals surface area contributed by atoms with Crippen molar-refractivity contribution in [3.8, 4) is 11.4 Å². The lowest BCUT2D eigenvalue weighted by molar-refractivity contribution is 0.865. The van der Waals surface area contributed by atoms with Crippen LogP contribution in [0.3, 0.4) is 0 Å². The van der Waals surface area contributed by atoms with Crippen LogP contribution >= 0.6 is 0 Å². The monoisotopic (exact) mass is 218 g/mol. The lowest BCUT2D eigenvalue weighted by atomic mass is 10.2. The zero-order chi connectivity index (χ0) is 11.4. The molecule has 2 N–H and O–H groups in total. The van der Waals surface area contributed by atoms with Crippen molar-refractivity contribution >= 4 is 0 Å². The molecule has 0 aliphatic heterocycles. The molecule has 2 aromatic rings. The highest BCUT2D eigenvalue weighted by atomic mass is 15.2. The largest absolute Gasteiger partial charge is 0.282 e. The third kappa shape index (κ3) is 2.32. The van der Waals surface area contributed by atoms with Crippen LogP contribution in [0.4, 0.5) is 0 Å². The van der Waals surface area contributed by atoms with Gasteiger partial charge in [0.05, 0.1) is 0 Å². The van der Waals surface area contributed by atoms with E-state index < -0.39 is 0 Å². The molecule has 86 valence electrons. The van der Waals surface area contributed by atoms with Crippen LogP contribution in [-0.2, 0) is 12.8 Å². The first-order valence-electron chi connectivity index (χ1n) is 5.92. The molecule has 0 unspecified atom stereocenters. The average Bonchev–Trinajstić information content (AvgIpc) is 2.87. The summed E-state index contributed by atoms with van der Waals surface area (Å²) in [4.78, 5) is 0. The standard InChI is InChI=1S/C12H18N4/c1-3-5-9-7-11(15-13-9)12-8-10(6-4-2)14-16-12/h7-8H,3-6H2,1-2H3,(H,13,15)(H,14,16). The highest BCUT2D eigenvalue weighted by molar-refractivity contribution is 5.54. The quantitative estimate of drug-likeness (QED) is 0.810. The van der Waals surface area contributed by atoms with Crippen molar-refractivity contribution in [1.29, 1.82) is 0 Å². The summed E-state index contributed by atoms with van der Waals surface area (Å²) in [6.07, 6.45) is 4.34. The fourth-order valence-corrected chi connectivity index (χ4v) is 1.78. The molecule has 0 aromatic carbocycles. The molecule has 16 heavy (non-hydrogen) atoms. The molecular weight excluding hydrogens is 200 g/mol. The topological polar surface area (TPSA) is 57.4 Å². The fourth-order valence-electron chi connectivity index (χ4n) is 1.78. The van der Waals surface area contributed by atoms with Gasteiger partial charge in [-0.1, -0.05) is 26.7 Å². The van der Waals surface area contributed by atoms with Crippen molar-refractivity contribution in [2.45, 2.75) is 39.5 Å². The number of nitrogens with one attached hydrogen (secondary N) is 2. The van der Waals surface area contributed by atoms with Gasteiger partial charge in [0.2, 0.25) is 0 Å². The lowest BCUT2D eigenvalue weighted by Gasteiger charge is -1.88. The molecule has 0 atom stereocenters. The van der Waals surface area contributed by atoms with E-state index in [2.05, 4.69) is 46.4 Å². The molecule has 0 saturated heterocycles. The van der Waals surface area contributed by atoms with Gasteiger partial charge in [-0.25, -0.2) is 0 Å². The van der Waals surface area contributed by atoms with Gasteiger partial charge >= 0.3 is 0 Å². The van der Waals surface area contributed by atoms with Gasteiger partial charge in [0, 0.05) is 11.4 Å². The van der Waals surface area contributed by atoms with E-state index >= 15 is 0 Å². The average molecular weight is 218 g/mol. The SMILES string of the molecule is CCCc1cc(-c2cc(CCC)[nH]n2)n[nH]1. The third-order valence-electron chi connectivity index (χ3n) is 2.56. The Bertz CT molecular complexity index is 399. The number of hydrogen-bond donors (Lipinski definition) is 2. The maximum atomic E-state index is 4.27. The van der Waals surface area contributed by atoms with Crippen LogP contribution in [0.5, 0.6) is 0 Å². The molecule has 2 aromatic heterocycles. The molecule has 2 heterocycles. The van der Waals surface area contributed by atoms with E-state index in [1.165, 1.54) is 11.4 Å². The van der Waals surface area contributed by atoms with Crippen molar-refractivity contribution in [2.24, 2.45) is 0 Å². The van der Waals surface area contributed by atoms with E-state index in [0.29, 0.717) is 0 Å². The first-order valence-corrected chi connectivity index (χ1v) is 5.92. The van der Waals surface area contributed by atoms with Crippen LogP contribution in [0.25, 0.3) is 11.4 Å². The summed E-state index contributed by atoms with van der Waals surface area (Å²) >= 11 is 0. The number of rotatable bonds is 5. The summed E-state index contributed by atoms with van der Waals surface area (Å²) in [5.41, 5.74) is 4.22. The molecule has 0 amide bonds. The second kappa shape index (κ2) is 4.96. The molecule has 0 fully saturated rings. The summed E-state index contributed by atoms with van der Waals surface area (Å²) in [6, 6.07) is 4.16. The normalized spacial score (nSPS) is 10.9. The van der Waals surface area contributed by atoms with Gasteiger partial charge in [0.1, 0.15) is 11.4 Å². The molecule has 0 aliphatic rings. The molecule has 2 rings (SSSR count). The Morgan fingerprint density at radius 2 is 1.31 bits per heavy atom. The highest BCUT2D eigenvalue weighted by Crippen LogP contribution is 2.17. The van der Waals surface area contributed by atoms with Crippen LogP contribution < -0.4 is 0 Å². The zero-order valence-electron chi connectivity index (χ0n) is 9.88. The Morgan fingerprint density at radius 3 is 1.69 bits per heavy atom. The summed E-state index contributed by atoms with van der Waals surface area (Å²) in [5, 5.41) is 14.6. The maximum absolute atomic E-state index is 4.27. The van der Waals surface area contributed by atoms with Gasteiger partial charge in [-0.2, -0.15) is 10.2 Å². The first-order chi connectivity index (χ1) is 7.83. The van der Waals surface area contributed by atoms with Gasteiger partial charge in [0.15, 0.2) is 0 Å². The van der Waals surface area contributed by atoms with Crippen molar-refractivity contribution in [2.75, 3.05) is 0 Å². The second-order valence-electron chi connectivity index (χ2n) is 4.06. The molecule has 0 aliphatic carbocycles. The van der Waals surface area contributed by atoms with E-state index in [1.54, 1.807) is 0 Å². The minimum atomic E-state index is 0.932. The van der Waals surface area contributed by atoms with Crippen molar-refractivity contribution in [1.82, 2.24) is 20.4 Å². The number of aryl methyl sites for hydroxylation is 2. The maximum Gasteiger partial charge on any atom is 0.113 e. The van der Waals surface area contributed by atoms with Gasteiger partial charge in [-0.3, -0.25) is 10.2 Å². The highest BCUT2D eigenvalue weighted by Gasteiger charge is 2.07. The molecule has 0 radical (unpaired) electrons. The predicted octanol–water partition coefficient (Wildman–Crippen LogP) is 2.70. The minimum absolute atomic E-state index is 0.932. The van der Waals surface area contributed by atoms with Crippen molar-refractivity contribution in [3.05, 3.63) is 23.5 Å². The lowest BCUT2D eigenvalue weighted by Crippen LogP contribution is -1.80. The van der Waals surface area contributed by atoms with Crippen LogP contribution in [0.2, 0.25) is 0 Å². The minimum Gasteiger partial charge on any atom is -0.282 e. The van der Waals surface area contributed by atoms with Gasteiger partial charge in [-0.05, 0) is 25.0 Å². The molecule has 4 nitrogen and oxygen atoms in total. The van der Waals surface area contributed by atoms with Crippen molar-refractivity contribution in [3.63, 3.8) is 0 Å². The number of aromatic nitrogens is 4. The number of aromatic amines is 2. The van der Waals surface area contributed by atoms with E-state index in [-0.39, 0.29) is 0 Å². The Morgan fingerprint density at radius 1 is 0.875 bits per heavy atom. The summed E-state index contributed by atoms with van der Waals surface area (Å²) in [5.74, 6) is 0. The van der Waals surface area contributed by atoms with Crippen molar-refractivity contribution < 1.29 is 0 Å². The molecule has 0 saturated carbocycles. The Kier molecular flexibility index (Phi) is 3.39. The number of H-pyrrole nitrogens is 2. The van der Waals surface area contributed by atoms with Gasteiger partial charge < -0.3 is 0 Å². The summed E-state index contributed by atoms with van der Waals surface area (Å²) < 4.78 is 0. The van der Waals surface area contributed by atoms with E-state index in [4.69, 9.17) is 0 Å². The van der Waals surface area contributed by atoms with Crippen LogP contribution in [0.1, 0.15) is 38.1 Å². The number of nitrogens with zero attached hydrogens (tertiary/aromatic N) is 2. The van der Waals surface area contributed by atoms with E-state index in [1.807, 2.05) is 0 Å². The summed E-state index contributed by atoms with van der Waals surface area (Å²) in [7, 11) is 0. The zero-order valence-corrected chi connectivity index (χ0v) is 9.88. The van der Waals surface area contributed by atoms with E-state index in [9.17, 15) is 0 Å². The second-order valence-corrected chi connectivity index (χ2v) is 4.06. The molecule has 0 spiro atoms. The van der Waals surface area contributed by atoms with E-state index in [0.717, 1.165) is 37.1 Å².